The molecule has 0 aliphatic heterocycles. The van der Waals surface area contributed by atoms with Crippen LogP contribution in [-0.4, -0.2) is 25.2 Å². The van der Waals surface area contributed by atoms with Crippen LogP contribution in [0.15, 0.2) is 76.1 Å². The Hall–Kier alpha value is -3.45. The van der Waals surface area contributed by atoms with Crippen molar-refractivity contribution in [3.63, 3.8) is 0 Å². The lowest BCUT2D eigenvalue weighted by atomic mass is 10.1. The Bertz CT molecular complexity index is 1370. The summed E-state index contributed by atoms with van der Waals surface area (Å²) in [5.41, 5.74) is 2.63. The van der Waals surface area contributed by atoms with E-state index in [1.165, 1.54) is 0 Å². The Morgan fingerprint density at radius 2 is 1.77 bits per heavy atom. The van der Waals surface area contributed by atoms with Crippen LogP contribution in [0, 0.1) is 13.8 Å². The van der Waals surface area contributed by atoms with E-state index in [-0.39, 0.29) is 23.0 Å². The van der Waals surface area contributed by atoms with E-state index < -0.39 is 9.84 Å². The summed E-state index contributed by atoms with van der Waals surface area (Å²) in [6, 6.07) is 20.2. The maximum absolute atomic E-state index is 13.0. The normalized spacial score (nSPS) is 11.5. The first-order valence-electron chi connectivity index (χ1n) is 9.88. The zero-order valence-electron chi connectivity index (χ0n) is 17.3. The number of carbonyl (C=O) groups is 1. The lowest BCUT2D eigenvalue weighted by molar-refractivity contribution is -0.115. The van der Waals surface area contributed by atoms with E-state index >= 15 is 0 Å². The highest BCUT2D eigenvalue weighted by Gasteiger charge is 2.20. The van der Waals surface area contributed by atoms with E-state index in [0.29, 0.717) is 28.3 Å². The second kappa shape index (κ2) is 8.35. The second-order valence-electron chi connectivity index (χ2n) is 7.46. The van der Waals surface area contributed by atoms with E-state index in [0.717, 1.165) is 10.8 Å². The van der Waals surface area contributed by atoms with Gasteiger partial charge in [-0.1, -0.05) is 53.7 Å². The van der Waals surface area contributed by atoms with Crippen LogP contribution in [0.2, 0.25) is 0 Å². The van der Waals surface area contributed by atoms with Crippen LogP contribution in [0.4, 0.5) is 5.69 Å². The average Bonchev–Trinajstić information content (AvgIpc) is 3.19. The van der Waals surface area contributed by atoms with Gasteiger partial charge in [0.05, 0.1) is 16.3 Å². The van der Waals surface area contributed by atoms with Gasteiger partial charge in [-0.25, -0.2) is 8.42 Å². The molecule has 0 atom stereocenters. The molecule has 158 valence electrons. The number of nitrogens with one attached hydrogen (secondary N) is 1. The van der Waals surface area contributed by atoms with Gasteiger partial charge in [-0.05, 0) is 36.9 Å². The largest absolute Gasteiger partial charge is 0.356 e. The van der Waals surface area contributed by atoms with Gasteiger partial charge in [0.2, 0.25) is 5.91 Å². The quantitative estimate of drug-likeness (QED) is 0.466. The highest BCUT2D eigenvalue weighted by molar-refractivity contribution is 7.91. The van der Waals surface area contributed by atoms with Gasteiger partial charge in [0.25, 0.3) is 0 Å². The number of nitrogens with zero attached hydrogens (tertiary/aromatic N) is 1. The minimum absolute atomic E-state index is 0.142. The molecule has 1 aromatic heterocycles. The third kappa shape index (κ3) is 4.51. The Kier molecular flexibility index (Phi) is 5.61. The number of benzene rings is 3. The predicted octanol–water partition coefficient (Wildman–Crippen LogP) is 4.91. The summed E-state index contributed by atoms with van der Waals surface area (Å²) in [5.74, 6) is -0.134. The third-order valence-corrected chi connectivity index (χ3v) is 6.95. The molecule has 7 heteroatoms. The van der Waals surface area contributed by atoms with Gasteiger partial charge in [0.15, 0.2) is 15.6 Å². The van der Waals surface area contributed by atoms with Crippen LogP contribution in [0.5, 0.6) is 0 Å². The zero-order valence-corrected chi connectivity index (χ0v) is 18.1. The van der Waals surface area contributed by atoms with E-state index in [2.05, 4.69) is 10.5 Å². The average molecular weight is 435 g/mol. The van der Waals surface area contributed by atoms with Crippen molar-refractivity contribution in [1.82, 2.24) is 5.16 Å². The first-order valence-corrected chi connectivity index (χ1v) is 11.5. The van der Waals surface area contributed by atoms with Gasteiger partial charge < -0.3 is 9.84 Å². The molecule has 0 saturated heterocycles. The number of fused-ring (bicyclic) bond motifs is 1. The number of anilines is 1. The van der Waals surface area contributed by atoms with Crippen molar-refractivity contribution in [3.8, 4) is 11.3 Å². The van der Waals surface area contributed by atoms with Crippen molar-refractivity contribution in [1.29, 1.82) is 0 Å². The summed E-state index contributed by atoms with van der Waals surface area (Å²) in [7, 11) is -3.67. The standard InChI is InChI=1S/C24H22N2O4S/c1-16-10-11-19(22-14-17(2)26-30-22)15-23(16)31(28,29)13-12-24(27)25-21-9-5-7-18-6-3-4-8-20(18)21/h3-11,14-15H,12-13H2,1-2H3,(H,25,27). The molecule has 3 aromatic carbocycles. The lowest BCUT2D eigenvalue weighted by Crippen LogP contribution is -2.18. The summed E-state index contributed by atoms with van der Waals surface area (Å²) in [6.07, 6.45) is -0.142. The van der Waals surface area contributed by atoms with Crippen LogP contribution in [0.1, 0.15) is 17.7 Å². The molecule has 1 N–H and O–H groups in total. The van der Waals surface area contributed by atoms with Crippen molar-refractivity contribution < 1.29 is 17.7 Å². The Morgan fingerprint density at radius 3 is 2.55 bits per heavy atom. The number of sulfone groups is 1. The Balaban J connectivity index is 1.51. The molecule has 0 aliphatic rings. The number of amides is 1. The van der Waals surface area contributed by atoms with Crippen LogP contribution in [0.25, 0.3) is 22.1 Å². The topological polar surface area (TPSA) is 89.3 Å². The number of hydrogen-bond donors (Lipinski definition) is 1. The summed E-state index contributed by atoms with van der Waals surface area (Å²) >= 11 is 0. The molecular formula is C24H22N2O4S. The summed E-state index contributed by atoms with van der Waals surface area (Å²) in [5, 5.41) is 8.60. The molecule has 0 saturated carbocycles. The highest BCUT2D eigenvalue weighted by atomic mass is 32.2. The van der Waals surface area contributed by atoms with Gasteiger partial charge >= 0.3 is 0 Å². The molecular weight excluding hydrogens is 412 g/mol. The summed E-state index contributed by atoms with van der Waals surface area (Å²) in [6.45, 7) is 3.53. The van der Waals surface area contributed by atoms with Gasteiger partial charge in [-0.2, -0.15) is 0 Å². The van der Waals surface area contributed by atoms with E-state index in [1.54, 1.807) is 38.1 Å². The van der Waals surface area contributed by atoms with Crippen LogP contribution >= 0.6 is 0 Å². The fraction of sp³-hybridized carbons (Fsp3) is 0.167. The Morgan fingerprint density at radius 1 is 1.00 bits per heavy atom. The number of aryl methyl sites for hydroxylation is 2. The van der Waals surface area contributed by atoms with Crippen molar-refractivity contribution in [2.75, 3.05) is 11.1 Å². The van der Waals surface area contributed by atoms with Crippen LogP contribution < -0.4 is 5.32 Å². The molecule has 31 heavy (non-hydrogen) atoms. The van der Waals surface area contributed by atoms with Crippen molar-refractivity contribution >= 4 is 32.2 Å². The molecule has 4 aromatic rings. The van der Waals surface area contributed by atoms with Crippen LogP contribution in [0.3, 0.4) is 0 Å². The number of hydrogen-bond acceptors (Lipinski definition) is 5. The Labute approximate surface area is 180 Å². The molecule has 6 nitrogen and oxygen atoms in total. The molecule has 0 spiro atoms. The second-order valence-corrected chi connectivity index (χ2v) is 9.53. The first-order chi connectivity index (χ1) is 14.8. The summed E-state index contributed by atoms with van der Waals surface area (Å²) in [4.78, 5) is 12.7. The molecule has 0 radical (unpaired) electrons. The molecule has 1 amide bonds. The molecule has 0 aliphatic carbocycles. The molecule has 1 heterocycles. The molecule has 4 rings (SSSR count). The highest BCUT2D eigenvalue weighted by Crippen LogP contribution is 2.27. The molecule has 0 fully saturated rings. The summed E-state index contributed by atoms with van der Waals surface area (Å²) < 4.78 is 31.2. The monoisotopic (exact) mass is 434 g/mol. The minimum atomic E-state index is -3.67. The first kappa shape index (κ1) is 20.8. The van der Waals surface area contributed by atoms with E-state index in [1.807, 2.05) is 42.5 Å². The van der Waals surface area contributed by atoms with Crippen molar-refractivity contribution in [2.45, 2.75) is 25.2 Å². The fourth-order valence-corrected chi connectivity index (χ4v) is 5.01. The number of carbonyl (C=O) groups excluding carboxylic acids is 1. The maximum Gasteiger partial charge on any atom is 0.225 e. The van der Waals surface area contributed by atoms with Gasteiger partial charge in [-0.15, -0.1) is 0 Å². The number of rotatable bonds is 6. The SMILES string of the molecule is Cc1cc(-c2ccc(C)c(S(=O)(=O)CCC(=O)Nc3cccc4ccccc34)c2)on1. The van der Waals surface area contributed by atoms with Crippen molar-refractivity contribution in [2.24, 2.45) is 0 Å². The van der Waals surface area contributed by atoms with E-state index in [4.69, 9.17) is 4.52 Å². The van der Waals surface area contributed by atoms with Gasteiger partial charge in [0, 0.05) is 29.1 Å². The zero-order chi connectivity index (χ0) is 22.0. The minimum Gasteiger partial charge on any atom is -0.356 e. The predicted molar refractivity (Wildman–Crippen MR) is 121 cm³/mol. The van der Waals surface area contributed by atoms with Crippen molar-refractivity contribution in [3.05, 3.63) is 78.0 Å². The lowest BCUT2D eigenvalue weighted by Gasteiger charge is -2.11. The fourth-order valence-electron chi connectivity index (χ4n) is 3.47. The van der Waals surface area contributed by atoms with Gasteiger partial charge in [0.1, 0.15) is 0 Å². The van der Waals surface area contributed by atoms with E-state index in [9.17, 15) is 13.2 Å². The molecule has 0 bridgehead atoms. The maximum atomic E-state index is 13.0. The van der Waals surface area contributed by atoms with Gasteiger partial charge in [-0.3, -0.25) is 4.79 Å². The number of aromatic nitrogens is 1. The molecule has 0 unspecified atom stereocenters. The smallest absolute Gasteiger partial charge is 0.225 e. The third-order valence-electron chi connectivity index (χ3n) is 5.10. The van der Waals surface area contributed by atoms with Crippen LogP contribution in [-0.2, 0) is 14.6 Å².